The Labute approximate surface area is 312 Å². The summed E-state index contributed by atoms with van der Waals surface area (Å²) in [4.78, 5) is 48.5. The van der Waals surface area contributed by atoms with Crippen LogP contribution in [0.1, 0.15) is 214 Å². The summed E-state index contributed by atoms with van der Waals surface area (Å²) < 4.78 is 21.1. The molecule has 0 bridgehead atoms. The van der Waals surface area contributed by atoms with Crippen molar-refractivity contribution in [2.24, 2.45) is 0 Å². The van der Waals surface area contributed by atoms with Crippen LogP contribution >= 0.6 is 0 Å². The van der Waals surface area contributed by atoms with E-state index < -0.39 is 30.1 Å². The molecule has 0 aromatic carbocycles. The first-order valence-electron chi connectivity index (χ1n) is 21.1. The van der Waals surface area contributed by atoms with E-state index in [1.807, 2.05) is 0 Å². The lowest BCUT2D eigenvalue weighted by Crippen LogP contribution is -2.34. The Morgan fingerprint density at radius 1 is 0.471 bits per heavy atom. The minimum Gasteiger partial charge on any atom is -0.462 e. The predicted octanol–water partition coefficient (Wildman–Crippen LogP) is 11.8. The minimum absolute atomic E-state index is 0.220. The molecule has 0 aliphatic rings. The van der Waals surface area contributed by atoms with Crippen LogP contribution in [0.25, 0.3) is 0 Å². The van der Waals surface area contributed by atoms with Gasteiger partial charge in [-0.1, -0.05) is 161 Å². The second-order valence-electron chi connectivity index (χ2n) is 14.4. The SMILES string of the molecule is CCCCCC=CCCCCCCCCCCC(=O)OC(CCCCCCCCCCCCCCCC)C(=O)OCC(COC(C)=O)OC(C)=O. The molecule has 0 aromatic heterocycles. The summed E-state index contributed by atoms with van der Waals surface area (Å²) >= 11 is 0. The van der Waals surface area contributed by atoms with E-state index in [0.717, 1.165) is 38.5 Å². The fraction of sp³-hybridized carbons (Fsp3) is 0.860. The number of unbranched alkanes of at least 4 members (excludes halogenated alkanes) is 24. The van der Waals surface area contributed by atoms with Gasteiger partial charge in [-0.05, 0) is 44.9 Å². The second kappa shape index (κ2) is 37.4. The van der Waals surface area contributed by atoms with Crippen LogP contribution in [-0.2, 0) is 38.1 Å². The van der Waals surface area contributed by atoms with Crippen LogP contribution in [0.2, 0.25) is 0 Å². The van der Waals surface area contributed by atoms with E-state index in [2.05, 4.69) is 26.0 Å². The van der Waals surface area contributed by atoms with E-state index in [4.69, 9.17) is 18.9 Å². The molecule has 0 aliphatic carbocycles. The molecular formula is C43H78O8. The zero-order chi connectivity index (χ0) is 37.6. The molecule has 0 N–H and O–H groups in total. The fourth-order valence-corrected chi connectivity index (χ4v) is 6.14. The van der Waals surface area contributed by atoms with Gasteiger partial charge in [-0.3, -0.25) is 14.4 Å². The van der Waals surface area contributed by atoms with Crippen LogP contribution in [0.5, 0.6) is 0 Å². The Hall–Kier alpha value is -2.38. The van der Waals surface area contributed by atoms with Gasteiger partial charge in [-0.2, -0.15) is 0 Å². The van der Waals surface area contributed by atoms with Gasteiger partial charge in [-0.25, -0.2) is 4.79 Å². The van der Waals surface area contributed by atoms with Gasteiger partial charge in [0.25, 0.3) is 0 Å². The summed E-state index contributed by atoms with van der Waals surface area (Å²) in [7, 11) is 0. The van der Waals surface area contributed by atoms with Gasteiger partial charge < -0.3 is 18.9 Å². The van der Waals surface area contributed by atoms with E-state index >= 15 is 0 Å². The lowest BCUT2D eigenvalue weighted by Gasteiger charge is -2.20. The van der Waals surface area contributed by atoms with Gasteiger partial charge in [0.2, 0.25) is 0 Å². The van der Waals surface area contributed by atoms with Crippen molar-refractivity contribution in [2.75, 3.05) is 13.2 Å². The van der Waals surface area contributed by atoms with E-state index in [9.17, 15) is 19.2 Å². The third kappa shape index (κ3) is 35.8. The smallest absolute Gasteiger partial charge is 0.347 e. The molecule has 0 fully saturated rings. The van der Waals surface area contributed by atoms with Gasteiger partial charge in [0, 0.05) is 20.3 Å². The maximum absolute atomic E-state index is 13.0. The predicted molar refractivity (Wildman–Crippen MR) is 207 cm³/mol. The van der Waals surface area contributed by atoms with Crippen LogP contribution in [-0.4, -0.2) is 49.3 Å². The normalized spacial score (nSPS) is 12.5. The zero-order valence-electron chi connectivity index (χ0n) is 33.5. The fourth-order valence-electron chi connectivity index (χ4n) is 6.14. The molecule has 2 unspecified atom stereocenters. The van der Waals surface area contributed by atoms with Crippen molar-refractivity contribution in [1.82, 2.24) is 0 Å². The highest BCUT2D eigenvalue weighted by atomic mass is 16.6. The van der Waals surface area contributed by atoms with Gasteiger partial charge in [0.15, 0.2) is 12.2 Å². The van der Waals surface area contributed by atoms with E-state index in [1.165, 1.54) is 149 Å². The average molecular weight is 723 g/mol. The molecule has 0 rings (SSSR count). The van der Waals surface area contributed by atoms with Gasteiger partial charge >= 0.3 is 23.9 Å². The zero-order valence-corrected chi connectivity index (χ0v) is 33.5. The molecule has 51 heavy (non-hydrogen) atoms. The summed E-state index contributed by atoms with van der Waals surface area (Å²) in [6.45, 7) is 6.47. The molecule has 0 spiro atoms. The maximum atomic E-state index is 13.0. The number of hydrogen-bond donors (Lipinski definition) is 0. The van der Waals surface area contributed by atoms with Gasteiger partial charge in [0.1, 0.15) is 13.2 Å². The van der Waals surface area contributed by atoms with Crippen molar-refractivity contribution in [1.29, 1.82) is 0 Å². The molecule has 0 aliphatic heterocycles. The second-order valence-corrected chi connectivity index (χ2v) is 14.4. The monoisotopic (exact) mass is 723 g/mol. The summed E-state index contributed by atoms with van der Waals surface area (Å²) in [5.74, 6) is -2.15. The third-order valence-corrected chi connectivity index (χ3v) is 9.22. The topological polar surface area (TPSA) is 105 Å². The number of rotatable bonds is 37. The van der Waals surface area contributed by atoms with Crippen molar-refractivity contribution in [3.05, 3.63) is 12.2 Å². The number of allylic oxidation sites excluding steroid dienone is 2. The molecule has 0 aromatic rings. The van der Waals surface area contributed by atoms with E-state index in [-0.39, 0.29) is 25.6 Å². The lowest BCUT2D eigenvalue weighted by molar-refractivity contribution is -0.175. The summed E-state index contributed by atoms with van der Waals surface area (Å²) in [5.41, 5.74) is 0. The number of esters is 4. The number of ether oxygens (including phenoxy) is 4. The quantitative estimate of drug-likeness (QED) is 0.0270. The van der Waals surface area contributed by atoms with Crippen molar-refractivity contribution in [2.45, 2.75) is 226 Å². The first-order chi connectivity index (χ1) is 24.8. The van der Waals surface area contributed by atoms with Crippen LogP contribution in [0.3, 0.4) is 0 Å². The summed E-state index contributed by atoms with van der Waals surface area (Å²) in [6, 6.07) is 0. The Kier molecular flexibility index (Phi) is 35.6. The van der Waals surface area contributed by atoms with E-state index in [1.54, 1.807) is 0 Å². The molecule has 0 saturated carbocycles. The lowest BCUT2D eigenvalue weighted by atomic mass is 10.0. The number of carbonyl (C=O) groups is 4. The van der Waals surface area contributed by atoms with Crippen molar-refractivity contribution < 1.29 is 38.1 Å². The molecule has 0 amide bonds. The Morgan fingerprint density at radius 3 is 1.37 bits per heavy atom. The highest BCUT2D eigenvalue weighted by Crippen LogP contribution is 2.17. The maximum Gasteiger partial charge on any atom is 0.347 e. The van der Waals surface area contributed by atoms with Gasteiger partial charge in [-0.15, -0.1) is 0 Å². The first-order valence-corrected chi connectivity index (χ1v) is 21.1. The summed E-state index contributed by atoms with van der Waals surface area (Å²) in [6.07, 6.45) is 35.9. The highest BCUT2D eigenvalue weighted by Gasteiger charge is 2.26. The van der Waals surface area contributed by atoms with E-state index in [0.29, 0.717) is 6.42 Å². The standard InChI is InChI=1S/C43H78O8/c1-5-7-9-11-13-15-17-19-21-23-25-27-29-31-33-35-42(46)51-41(43(47)49-37-40(50-39(4)45)36-48-38(3)44)34-32-30-28-26-24-22-20-18-16-14-12-10-8-6-2/h13,15,40-41H,5-12,14,16-37H2,1-4H3. The number of carbonyl (C=O) groups excluding carboxylic acids is 4. The average Bonchev–Trinajstić information content (AvgIpc) is 3.10. The largest absolute Gasteiger partial charge is 0.462 e. The molecular weight excluding hydrogens is 644 g/mol. The highest BCUT2D eigenvalue weighted by molar-refractivity contribution is 5.79. The minimum atomic E-state index is -1.01. The van der Waals surface area contributed by atoms with Gasteiger partial charge in [0.05, 0.1) is 0 Å². The summed E-state index contributed by atoms with van der Waals surface area (Å²) in [5, 5.41) is 0. The van der Waals surface area contributed by atoms with Crippen molar-refractivity contribution >= 4 is 23.9 Å². The molecule has 2 atom stereocenters. The molecule has 8 heteroatoms. The first kappa shape index (κ1) is 48.6. The van der Waals surface area contributed by atoms with Crippen LogP contribution in [0.15, 0.2) is 12.2 Å². The Morgan fingerprint density at radius 2 is 0.882 bits per heavy atom. The number of hydrogen-bond acceptors (Lipinski definition) is 8. The van der Waals surface area contributed by atoms with Crippen LogP contribution in [0, 0.1) is 0 Å². The molecule has 0 saturated heterocycles. The van der Waals surface area contributed by atoms with Crippen molar-refractivity contribution in [3.8, 4) is 0 Å². The van der Waals surface area contributed by atoms with Crippen LogP contribution < -0.4 is 0 Å². The Balaban J connectivity index is 4.46. The van der Waals surface area contributed by atoms with Crippen LogP contribution in [0.4, 0.5) is 0 Å². The van der Waals surface area contributed by atoms with Crippen molar-refractivity contribution in [3.63, 3.8) is 0 Å². The molecule has 8 nitrogen and oxygen atoms in total. The Bertz CT molecular complexity index is 870. The molecule has 298 valence electrons. The molecule has 0 heterocycles. The third-order valence-electron chi connectivity index (χ3n) is 9.22. The molecule has 0 radical (unpaired) electrons.